The lowest BCUT2D eigenvalue weighted by atomic mass is 10.2. The third-order valence-electron chi connectivity index (χ3n) is 4.47. The van der Waals surface area contributed by atoms with Gasteiger partial charge < -0.3 is 15.0 Å². The fourth-order valence-electron chi connectivity index (χ4n) is 3.07. The topological polar surface area (TPSA) is 113 Å². The Kier molecular flexibility index (Phi) is 7.07. The van der Waals surface area contributed by atoms with E-state index in [9.17, 15) is 21.6 Å². The number of sulfonamides is 1. The van der Waals surface area contributed by atoms with E-state index in [1.165, 1.54) is 36.5 Å². The first-order valence-corrected chi connectivity index (χ1v) is 12.0. The van der Waals surface area contributed by atoms with Gasteiger partial charge in [-0.25, -0.2) is 16.8 Å². The van der Waals surface area contributed by atoms with Gasteiger partial charge in [0.05, 0.1) is 29.2 Å². The first kappa shape index (κ1) is 22.6. The van der Waals surface area contributed by atoms with Gasteiger partial charge in [-0.2, -0.15) is 4.31 Å². The van der Waals surface area contributed by atoms with Crippen molar-refractivity contribution in [3.05, 3.63) is 18.2 Å². The first-order valence-electron chi connectivity index (χ1n) is 8.79. The summed E-state index contributed by atoms with van der Waals surface area (Å²) in [5.74, 6) is -0.239. The standard InChI is InChI=1S/C17H27N3O6S2/c1-13(21)18-16-11-15(5-6-17(16)26-4)28(24,25)20(9-8-19(2)3)14-7-10-27(22,23)12-14/h5-6,11,14H,7-10,12H2,1-4H3,(H,18,21)/t14-/m1/s1. The van der Waals surface area contributed by atoms with Gasteiger partial charge in [-0.1, -0.05) is 0 Å². The van der Waals surface area contributed by atoms with Crippen molar-refractivity contribution < 1.29 is 26.4 Å². The van der Waals surface area contributed by atoms with Crippen molar-refractivity contribution in [2.75, 3.05) is 51.1 Å². The van der Waals surface area contributed by atoms with E-state index in [1.807, 2.05) is 19.0 Å². The van der Waals surface area contributed by atoms with Crippen molar-refractivity contribution >= 4 is 31.5 Å². The highest BCUT2D eigenvalue weighted by atomic mass is 32.2. The molecule has 1 aromatic rings. The van der Waals surface area contributed by atoms with E-state index in [0.29, 0.717) is 12.3 Å². The van der Waals surface area contributed by atoms with Crippen LogP contribution in [0.4, 0.5) is 5.69 Å². The van der Waals surface area contributed by atoms with Crippen LogP contribution < -0.4 is 10.1 Å². The van der Waals surface area contributed by atoms with Gasteiger partial charge in [0.25, 0.3) is 0 Å². The summed E-state index contributed by atoms with van der Waals surface area (Å²) >= 11 is 0. The van der Waals surface area contributed by atoms with E-state index in [0.717, 1.165) is 0 Å². The predicted molar refractivity (Wildman–Crippen MR) is 107 cm³/mol. The summed E-state index contributed by atoms with van der Waals surface area (Å²) in [7, 11) is -2.18. The molecule has 0 spiro atoms. The SMILES string of the molecule is COc1ccc(S(=O)(=O)N(CCN(C)C)[C@@H]2CCS(=O)(=O)C2)cc1NC(C)=O. The molecular formula is C17H27N3O6S2. The van der Waals surface area contributed by atoms with Crippen LogP contribution in [-0.4, -0.2) is 83.8 Å². The van der Waals surface area contributed by atoms with Gasteiger partial charge >= 0.3 is 0 Å². The lowest BCUT2D eigenvalue weighted by Crippen LogP contribution is -2.44. The molecule has 1 fully saturated rings. The molecule has 28 heavy (non-hydrogen) atoms. The van der Waals surface area contributed by atoms with Crippen LogP contribution in [0.2, 0.25) is 0 Å². The maximum absolute atomic E-state index is 13.3. The third kappa shape index (κ3) is 5.43. The fraction of sp³-hybridized carbons (Fsp3) is 0.588. The summed E-state index contributed by atoms with van der Waals surface area (Å²) in [6, 6.07) is 3.59. The van der Waals surface area contributed by atoms with Crippen LogP contribution in [0.25, 0.3) is 0 Å². The number of rotatable bonds is 8. The summed E-state index contributed by atoms with van der Waals surface area (Å²) in [4.78, 5) is 13.2. The van der Waals surface area contributed by atoms with E-state index in [4.69, 9.17) is 4.74 Å². The second-order valence-electron chi connectivity index (χ2n) is 7.02. The summed E-state index contributed by atoms with van der Waals surface area (Å²) in [6.07, 6.45) is 0.268. The average molecular weight is 434 g/mol. The highest BCUT2D eigenvalue weighted by Gasteiger charge is 2.38. The molecule has 1 atom stereocenters. The van der Waals surface area contributed by atoms with Crippen LogP contribution in [-0.2, 0) is 24.7 Å². The number of carbonyl (C=O) groups is 1. The molecule has 158 valence electrons. The first-order chi connectivity index (χ1) is 13.0. The van der Waals surface area contributed by atoms with Crippen molar-refractivity contribution in [2.24, 2.45) is 0 Å². The monoisotopic (exact) mass is 433 g/mol. The number of likely N-dealkylation sites (N-methyl/N-ethyl adjacent to an activating group) is 1. The molecule has 0 aliphatic carbocycles. The van der Waals surface area contributed by atoms with E-state index in [2.05, 4.69) is 5.32 Å². The minimum atomic E-state index is -3.98. The van der Waals surface area contributed by atoms with E-state index in [1.54, 1.807) is 0 Å². The van der Waals surface area contributed by atoms with E-state index < -0.39 is 25.9 Å². The Morgan fingerprint density at radius 2 is 1.96 bits per heavy atom. The number of sulfone groups is 1. The second kappa shape index (κ2) is 8.76. The molecule has 1 saturated heterocycles. The van der Waals surface area contributed by atoms with Crippen molar-refractivity contribution in [3.8, 4) is 5.75 Å². The van der Waals surface area contributed by atoms with Gasteiger partial charge in [0, 0.05) is 26.1 Å². The molecule has 0 saturated carbocycles. The number of ether oxygens (including phenoxy) is 1. The Morgan fingerprint density at radius 1 is 1.29 bits per heavy atom. The molecule has 1 N–H and O–H groups in total. The summed E-state index contributed by atoms with van der Waals surface area (Å²) in [5.41, 5.74) is 0.239. The number of anilines is 1. The zero-order valence-corrected chi connectivity index (χ0v) is 18.1. The van der Waals surface area contributed by atoms with Crippen molar-refractivity contribution in [3.63, 3.8) is 0 Å². The molecule has 1 heterocycles. The van der Waals surface area contributed by atoms with Crippen LogP contribution >= 0.6 is 0 Å². The second-order valence-corrected chi connectivity index (χ2v) is 11.1. The molecular weight excluding hydrogens is 406 g/mol. The van der Waals surface area contributed by atoms with E-state index in [-0.39, 0.29) is 41.0 Å². The van der Waals surface area contributed by atoms with Gasteiger partial charge in [0.2, 0.25) is 15.9 Å². The minimum absolute atomic E-state index is 0.0224. The van der Waals surface area contributed by atoms with E-state index >= 15 is 0 Å². The molecule has 2 rings (SSSR count). The van der Waals surface area contributed by atoms with Gasteiger partial charge in [-0.05, 0) is 38.7 Å². The Hall–Kier alpha value is -1.69. The Bertz CT molecular complexity index is 928. The van der Waals surface area contributed by atoms with Crippen LogP contribution in [0.3, 0.4) is 0 Å². The maximum Gasteiger partial charge on any atom is 0.243 e. The lowest BCUT2D eigenvalue weighted by Gasteiger charge is -2.28. The molecule has 11 heteroatoms. The average Bonchev–Trinajstić information content (AvgIpc) is 2.93. The van der Waals surface area contributed by atoms with Gasteiger partial charge in [-0.3, -0.25) is 4.79 Å². The molecule has 0 unspecified atom stereocenters. The number of amides is 1. The van der Waals surface area contributed by atoms with Gasteiger partial charge in [-0.15, -0.1) is 0 Å². The van der Waals surface area contributed by atoms with Crippen molar-refractivity contribution in [2.45, 2.75) is 24.3 Å². The largest absolute Gasteiger partial charge is 0.495 e. The van der Waals surface area contributed by atoms with Crippen LogP contribution in [0.5, 0.6) is 5.75 Å². The number of carbonyl (C=O) groups excluding carboxylic acids is 1. The number of nitrogens with zero attached hydrogens (tertiary/aromatic N) is 2. The smallest absolute Gasteiger partial charge is 0.243 e. The predicted octanol–water partition coefficient (Wildman–Crippen LogP) is 0.393. The molecule has 9 nitrogen and oxygen atoms in total. The zero-order chi connectivity index (χ0) is 21.1. The molecule has 1 aliphatic heterocycles. The Labute approximate surface area is 166 Å². The molecule has 1 aliphatic rings. The minimum Gasteiger partial charge on any atom is -0.495 e. The third-order valence-corrected chi connectivity index (χ3v) is 8.17. The van der Waals surface area contributed by atoms with Crippen molar-refractivity contribution in [1.29, 1.82) is 0 Å². The fourth-order valence-corrected chi connectivity index (χ4v) is 6.57. The highest BCUT2D eigenvalue weighted by molar-refractivity contribution is 7.92. The Morgan fingerprint density at radius 3 is 2.46 bits per heavy atom. The van der Waals surface area contributed by atoms with Gasteiger partial charge in [0.15, 0.2) is 9.84 Å². The molecule has 0 aromatic heterocycles. The van der Waals surface area contributed by atoms with Crippen LogP contribution in [0.15, 0.2) is 23.1 Å². The number of hydrogen-bond acceptors (Lipinski definition) is 7. The molecule has 0 bridgehead atoms. The quantitative estimate of drug-likeness (QED) is 0.631. The summed E-state index contributed by atoms with van der Waals surface area (Å²) in [6.45, 7) is 1.93. The maximum atomic E-state index is 13.3. The molecule has 0 radical (unpaired) electrons. The van der Waals surface area contributed by atoms with Gasteiger partial charge in [0.1, 0.15) is 5.75 Å². The van der Waals surface area contributed by atoms with Crippen LogP contribution in [0.1, 0.15) is 13.3 Å². The number of hydrogen-bond donors (Lipinski definition) is 1. The molecule has 1 amide bonds. The normalized spacial score (nSPS) is 19.1. The number of nitrogens with one attached hydrogen (secondary N) is 1. The molecule has 1 aromatic carbocycles. The zero-order valence-electron chi connectivity index (χ0n) is 16.5. The van der Waals surface area contributed by atoms with Crippen molar-refractivity contribution in [1.82, 2.24) is 9.21 Å². The lowest BCUT2D eigenvalue weighted by molar-refractivity contribution is -0.114. The summed E-state index contributed by atoms with van der Waals surface area (Å²) in [5, 5.41) is 2.56. The Balaban J connectivity index is 2.45. The highest BCUT2D eigenvalue weighted by Crippen LogP contribution is 2.31. The number of methoxy groups -OCH3 is 1. The number of benzene rings is 1. The van der Waals surface area contributed by atoms with Crippen LogP contribution in [0, 0.1) is 0 Å². The summed E-state index contributed by atoms with van der Waals surface area (Å²) < 4.78 is 56.9.